The number of amides is 1. The fourth-order valence-electron chi connectivity index (χ4n) is 3.58. The number of pyridine rings is 1. The second kappa shape index (κ2) is 6.25. The highest BCUT2D eigenvalue weighted by molar-refractivity contribution is 6.09. The Labute approximate surface area is 155 Å². The van der Waals surface area contributed by atoms with Gasteiger partial charge in [-0.3, -0.25) is 9.78 Å². The van der Waals surface area contributed by atoms with Crippen molar-refractivity contribution in [3.05, 3.63) is 84.8 Å². The Morgan fingerprint density at radius 3 is 2.78 bits per heavy atom. The van der Waals surface area contributed by atoms with E-state index in [1.165, 1.54) is 0 Å². The molecule has 130 valence electrons. The lowest BCUT2D eigenvalue weighted by atomic mass is 10.0. The molecule has 4 heteroatoms. The quantitative estimate of drug-likeness (QED) is 0.478. The van der Waals surface area contributed by atoms with Gasteiger partial charge in [-0.25, -0.2) is 0 Å². The predicted molar refractivity (Wildman–Crippen MR) is 108 cm³/mol. The van der Waals surface area contributed by atoms with Gasteiger partial charge in [-0.15, -0.1) is 0 Å². The molecule has 0 bridgehead atoms. The molecule has 5 rings (SSSR count). The minimum Gasteiger partial charge on any atom is -0.464 e. The molecule has 0 aliphatic rings. The summed E-state index contributed by atoms with van der Waals surface area (Å²) in [5.74, 6) is -0.0815. The third-order valence-corrected chi connectivity index (χ3v) is 4.81. The maximum atomic E-state index is 12.7. The van der Waals surface area contributed by atoms with Gasteiger partial charge in [0, 0.05) is 22.5 Å². The Hall–Kier alpha value is -3.66. The molecule has 4 nitrogen and oxygen atoms in total. The molecule has 1 N–H and O–H groups in total. The minimum atomic E-state index is -0.0815. The molecule has 0 saturated heterocycles. The lowest BCUT2D eigenvalue weighted by molar-refractivity contribution is -0.115. The Kier molecular flexibility index (Phi) is 3.61. The van der Waals surface area contributed by atoms with Gasteiger partial charge in [0.05, 0.1) is 23.9 Å². The Morgan fingerprint density at radius 1 is 0.926 bits per heavy atom. The topological polar surface area (TPSA) is 55.1 Å². The summed E-state index contributed by atoms with van der Waals surface area (Å²) >= 11 is 0. The van der Waals surface area contributed by atoms with Gasteiger partial charge in [0.1, 0.15) is 5.58 Å². The van der Waals surface area contributed by atoms with Crippen molar-refractivity contribution in [1.82, 2.24) is 4.98 Å². The van der Waals surface area contributed by atoms with Crippen molar-refractivity contribution in [3.8, 4) is 0 Å². The van der Waals surface area contributed by atoms with Crippen molar-refractivity contribution in [3.63, 3.8) is 0 Å². The first kappa shape index (κ1) is 15.6. The van der Waals surface area contributed by atoms with Gasteiger partial charge in [-0.05, 0) is 41.1 Å². The van der Waals surface area contributed by atoms with E-state index in [1.807, 2.05) is 54.6 Å². The van der Waals surface area contributed by atoms with E-state index < -0.39 is 0 Å². The van der Waals surface area contributed by atoms with Crippen LogP contribution in [0.25, 0.3) is 32.6 Å². The van der Waals surface area contributed by atoms with Gasteiger partial charge in [-0.2, -0.15) is 0 Å². The van der Waals surface area contributed by atoms with Gasteiger partial charge in [0.15, 0.2) is 0 Å². The second-order valence-corrected chi connectivity index (χ2v) is 6.52. The Morgan fingerprint density at radius 2 is 1.81 bits per heavy atom. The summed E-state index contributed by atoms with van der Waals surface area (Å²) in [5.41, 5.74) is 3.31. The molecule has 0 radical (unpaired) electrons. The Bertz CT molecular complexity index is 1300. The second-order valence-electron chi connectivity index (χ2n) is 6.52. The van der Waals surface area contributed by atoms with Crippen LogP contribution in [0, 0.1) is 0 Å². The molecule has 0 spiro atoms. The number of carbonyl (C=O) groups is 1. The monoisotopic (exact) mass is 352 g/mol. The first-order valence-electron chi connectivity index (χ1n) is 8.81. The number of furan rings is 1. The molecule has 0 aliphatic carbocycles. The van der Waals surface area contributed by atoms with Crippen molar-refractivity contribution in [1.29, 1.82) is 0 Å². The average molecular weight is 352 g/mol. The number of carbonyl (C=O) groups excluding carboxylic acids is 1. The average Bonchev–Trinajstić information content (AvgIpc) is 3.11. The molecule has 5 aromatic rings. The van der Waals surface area contributed by atoms with E-state index in [0.717, 1.165) is 43.9 Å². The molecule has 0 fully saturated rings. The van der Waals surface area contributed by atoms with E-state index in [2.05, 4.69) is 22.4 Å². The van der Waals surface area contributed by atoms with Gasteiger partial charge in [0.25, 0.3) is 0 Å². The van der Waals surface area contributed by atoms with Crippen molar-refractivity contribution in [2.75, 3.05) is 5.32 Å². The zero-order valence-electron chi connectivity index (χ0n) is 14.5. The first-order chi connectivity index (χ1) is 13.3. The summed E-state index contributed by atoms with van der Waals surface area (Å²) in [7, 11) is 0. The van der Waals surface area contributed by atoms with Crippen molar-refractivity contribution in [2.24, 2.45) is 0 Å². The van der Waals surface area contributed by atoms with Crippen LogP contribution >= 0.6 is 0 Å². The van der Waals surface area contributed by atoms with Crippen LogP contribution in [0.4, 0.5) is 5.69 Å². The summed E-state index contributed by atoms with van der Waals surface area (Å²) in [5, 5.41) is 7.18. The largest absolute Gasteiger partial charge is 0.464 e. The number of anilines is 1. The van der Waals surface area contributed by atoms with Crippen LogP contribution < -0.4 is 5.32 Å². The maximum Gasteiger partial charge on any atom is 0.228 e. The molecule has 0 aliphatic heterocycles. The zero-order valence-corrected chi connectivity index (χ0v) is 14.5. The van der Waals surface area contributed by atoms with Crippen LogP contribution in [0.3, 0.4) is 0 Å². The smallest absolute Gasteiger partial charge is 0.228 e. The van der Waals surface area contributed by atoms with Crippen molar-refractivity contribution in [2.45, 2.75) is 6.42 Å². The van der Waals surface area contributed by atoms with E-state index in [0.29, 0.717) is 0 Å². The highest BCUT2D eigenvalue weighted by Gasteiger charge is 2.14. The SMILES string of the molecule is O=C(Cc1coc2ccc3ccccc3c12)Nc1cccc2ncccc12. The number of hydrogen-bond donors (Lipinski definition) is 1. The van der Waals surface area contributed by atoms with Crippen LogP contribution in [-0.4, -0.2) is 10.9 Å². The number of fused-ring (bicyclic) bond motifs is 4. The highest BCUT2D eigenvalue weighted by atomic mass is 16.3. The normalized spacial score (nSPS) is 11.3. The molecule has 2 heterocycles. The molecule has 1 amide bonds. The van der Waals surface area contributed by atoms with Gasteiger partial charge in [-0.1, -0.05) is 36.4 Å². The van der Waals surface area contributed by atoms with E-state index in [9.17, 15) is 4.79 Å². The molecule has 3 aromatic carbocycles. The number of nitrogens with zero attached hydrogens (tertiary/aromatic N) is 1. The summed E-state index contributed by atoms with van der Waals surface area (Å²) < 4.78 is 5.69. The Balaban J connectivity index is 1.50. The molecule has 0 saturated carbocycles. The standard InChI is InChI=1S/C23H16N2O2/c26-22(25-20-9-3-8-19-18(20)7-4-12-24-19)13-16-14-27-21-11-10-15-5-1-2-6-17(15)23(16)21/h1-12,14H,13H2,(H,25,26). The van der Waals surface area contributed by atoms with Gasteiger partial charge < -0.3 is 9.73 Å². The van der Waals surface area contributed by atoms with Gasteiger partial charge >= 0.3 is 0 Å². The number of hydrogen-bond acceptors (Lipinski definition) is 3. The van der Waals surface area contributed by atoms with Crippen molar-refractivity contribution < 1.29 is 9.21 Å². The van der Waals surface area contributed by atoms with Crippen LogP contribution in [0.15, 0.2) is 83.6 Å². The fraction of sp³-hybridized carbons (Fsp3) is 0.0435. The third kappa shape index (κ3) is 2.72. The maximum absolute atomic E-state index is 12.7. The zero-order chi connectivity index (χ0) is 18.2. The molecule has 0 atom stereocenters. The van der Waals surface area contributed by atoms with E-state index in [-0.39, 0.29) is 12.3 Å². The first-order valence-corrected chi connectivity index (χ1v) is 8.81. The number of aromatic nitrogens is 1. The lowest BCUT2D eigenvalue weighted by Crippen LogP contribution is -2.14. The molecule has 2 aromatic heterocycles. The fourth-order valence-corrected chi connectivity index (χ4v) is 3.58. The minimum absolute atomic E-state index is 0.0815. The summed E-state index contributed by atoms with van der Waals surface area (Å²) in [4.78, 5) is 17.1. The summed E-state index contributed by atoms with van der Waals surface area (Å²) in [6.45, 7) is 0. The van der Waals surface area contributed by atoms with Crippen LogP contribution in [0.5, 0.6) is 0 Å². The number of nitrogens with one attached hydrogen (secondary N) is 1. The predicted octanol–water partition coefficient (Wildman–Crippen LogP) is 5.32. The molecular formula is C23H16N2O2. The van der Waals surface area contributed by atoms with E-state index >= 15 is 0 Å². The van der Waals surface area contributed by atoms with Crippen LogP contribution in [-0.2, 0) is 11.2 Å². The number of benzene rings is 3. The van der Waals surface area contributed by atoms with Crippen LogP contribution in [0.1, 0.15) is 5.56 Å². The summed E-state index contributed by atoms with van der Waals surface area (Å²) in [6.07, 6.45) is 3.68. The third-order valence-electron chi connectivity index (χ3n) is 4.81. The van der Waals surface area contributed by atoms with E-state index in [4.69, 9.17) is 4.42 Å². The molecular weight excluding hydrogens is 336 g/mol. The van der Waals surface area contributed by atoms with Crippen molar-refractivity contribution >= 4 is 44.2 Å². The molecule has 27 heavy (non-hydrogen) atoms. The van der Waals surface area contributed by atoms with E-state index in [1.54, 1.807) is 12.5 Å². The van der Waals surface area contributed by atoms with Crippen LogP contribution in [0.2, 0.25) is 0 Å². The van der Waals surface area contributed by atoms with Gasteiger partial charge in [0.2, 0.25) is 5.91 Å². The number of rotatable bonds is 3. The summed E-state index contributed by atoms with van der Waals surface area (Å²) in [6, 6.07) is 21.7. The molecule has 0 unspecified atom stereocenters. The lowest BCUT2D eigenvalue weighted by Gasteiger charge is -2.08. The highest BCUT2D eigenvalue weighted by Crippen LogP contribution is 2.30.